The van der Waals surface area contributed by atoms with E-state index in [1.165, 1.54) is 0 Å². The van der Waals surface area contributed by atoms with Crippen molar-refractivity contribution in [2.24, 2.45) is 0 Å². The first-order valence-electron chi connectivity index (χ1n) is 9.29. The zero-order valence-corrected chi connectivity index (χ0v) is 15.3. The van der Waals surface area contributed by atoms with Crippen molar-refractivity contribution in [1.29, 1.82) is 0 Å². The van der Waals surface area contributed by atoms with Crippen molar-refractivity contribution >= 4 is 16.8 Å². The van der Waals surface area contributed by atoms with Gasteiger partial charge in [-0.25, -0.2) is 0 Å². The van der Waals surface area contributed by atoms with Crippen molar-refractivity contribution < 1.29 is 9.21 Å². The molecular weight excluding hydrogens is 344 g/mol. The summed E-state index contributed by atoms with van der Waals surface area (Å²) in [5.74, 6) is 1.55. The molecule has 0 aliphatic carbocycles. The molecule has 3 aromatic rings. The number of carbonyl (C=O) groups excluding carboxylic acids is 1. The van der Waals surface area contributed by atoms with Gasteiger partial charge in [-0.1, -0.05) is 18.2 Å². The van der Waals surface area contributed by atoms with E-state index in [0.29, 0.717) is 43.3 Å². The van der Waals surface area contributed by atoms with Crippen LogP contribution in [0.25, 0.3) is 10.9 Å². The average Bonchev–Trinajstić information content (AvgIpc) is 3.12. The molecule has 3 heterocycles. The summed E-state index contributed by atoms with van der Waals surface area (Å²) in [6, 6.07) is 9.54. The number of piperidine rings is 1. The maximum atomic E-state index is 12.6. The zero-order chi connectivity index (χ0) is 18.8. The summed E-state index contributed by atoms with van der Waals surface area (Å²) < 4.78 is 5.51. The van der Waals surface area contributed by atoms with Crippen molar-refractivity contribution in [3.05, 3.63) is 58.0 Å². The SMILES string of the molecule is Cc1nnc(C2CCN(C(=O)CCc3cc4ccccc4[nH]c3=O)CC2)o1. The van der Waals surface area contributed by atoms with Gasteiger partial charge in [0.25, 0.3) is 5.56 Å². The van der Waals surface area contributed by atoms with Crippen molar-refractivity contribution in [2.45, 2.75) is 38.5 Å². The molecular formula is C20H22N4O3. The second-order valence-electron chi connectivity index (χ2n) is 7.03. The van der Waals surface area contributed by atoms with Crippen LogP contribution in [0.5, 0.6) is 0 Å². The number of rotatable bonds is 4. The number of hydrogen-bond donors (Lipinski definition) is 1. The molecule has 0 radical (unpaired) electrons. The number of H-pyrrole nitrogens is 1. The van der Waals surface area contributed by atoms with E-state index in [4.69, 9.17) is 4.42 Å². The number of fused-ring (bicyclic) bond motifs is 1. The van der Waals surface area contributed by atoms with E-state index in [9.17, 15) is 9.59 Å². The first-order valence-corrected chi connectivity index (χ1v) is 9.29. The fourth-order valence-corrected chi connectivity index (χ4v) is 3.63. The van der Waals surface area contributed by atoms with E-state index in [2.05, 4.69) is 15.2 Å². The molecule has 0 spiro atoms. The highest BCUT2D eigenvalue weighted by molar-refractivity contribution is 5.79. The van der Waals surface area contributed by atoms with Gasteiger partial charge in [0.1, 0.15) is 0 Å². The molecule has 1 fully saturated rings. The number of amides is 1. The Balaban J connectivity index is 1.35. The van der Waals surface area contributed by atoms with E-state index in [0.717, 1.165) is 23.7 Å². The molecule has 1 aliphatic heterocycles. The van der Waals surface area contributed by atoms with E-state index in [1.54, 1.807) is 6.92 Å². The van der Waals surface area contributed by atoms with Crippen molar-refractivity contribution in [2.75, 3.05) is 13.1 Å². The lowest BCUT2D eigenvalue weighted by Gasteiger charge is -2.30. The highest BCUT2D eigenvalue weighted by atomic mass is 16.4. The van der Waals surface area contributed by atoms with Gasteiger partial charge in [0.15, 0.2) is 0 Å². The lowest BCUT2D eigenvalue weighted by molar-refractivity contribution is -0.132. The van der Waals surface area contributed by atoms with E-state index < -0.39 is 0 Å². The molecule has 2 aromatic heterocycles. The number of carbonyl (C=O) groups is 1. The Labute approximate surface area is 156 Å². The van der Waals surface area contributed by atoms with Crippen LogP contribution in [0.4, 0.5) is 0 Å². The molecule has 0 unspecified atom stereocenters. The van der Waals surface area contributed by atoms with Crippen LogP contribution in [0.15, 0.2) is 39.5 Å². The molecule has 7 heteroatoms. The Morgan fingerprint density at radius 3 is 2.78 bits per heavy atom. The number of nitrogens with one attached hydrogen (secondary N) is 1. The van der Waals surface area contributed by atoms with E-state index >= 15 is 0 Å². The molecule has 7 nitrogen and oxygen atoms in total. The summed E-state index contributed by atoms with van der Waals surface area (Å²) in [6.07, 6.45) is 2.43. The van der Waals surface area contributed by atoms with Crippen LogP contribution < -0.4 is 5.56 Å². The number of nitrogens with zero attached hydrogens (tertiary/aromatic N) is 3. The smallest absolute Gasteiger partial charge is 0.251 e. The predicted octanol–water partition coefficient (Wildman–Crippen LogP) is 2.56. The quantitative estimate of drug-likeness (QED) is 0.766. The number of likely N-dealkylation sites (tertiary alicyclic amines) is 1. The summed E-state index contributed by atoms with van der Waals surface area (Å²) >= 11 is 0. The van der Waals surface area contributed by atoms with Gasteiger partial charge >= 0.3 is 0 Å². The summed E-state index contributed by atoms with van der Waals surface area (Å²) in [5.41, 5.74) is 1.35. The Morgan fingerprint density at radius 1 is 1.26 bits per heavy atom. The molecule has 1 N–H and O–H groups in total. The molecule has 1 aromatic carbocycles. The number of benzene rings is 1. The summed E-state index contributed by atoms with van der Waals surface area (Å²) in [5, 5.41) is 8.95. The van der Waals surface area contributed by atoms with Gasteiger partial charge in [0.2, 0.25) is 17.7 Å². The lowest BCUT2D eigenvalue weighted by atomic mass is 9.96. The number of aromatic amines is 1. The maximum absolute atomic E-state index is 12.6. The minimum atomic E-state index is -0.119. The number of aromatic nitrogens is 3. The maximum Gasteiger partial charge on any atom is 0.251 e. The van der Waals surface area contributed by atoms with Crippen LogP contribution >= 0.6 is 0 Å². The third-order valence-corrected chi connectivity index (χ3v) is 5.18. The van der Waals surface area contributed by atoms with Gasteiger partial charge in [-0.15, -0.1) is 10.2 Å². The second-order valence-corrected chi connectivity index (χ2v) is 7.03. The highest BCUT2D eigenvalue weighted by Crippen LogP contribution is 2.27. The van der Waals surface area contributed by atoms with Crippen molar-refractivity contribution in [3.63, 3.8) is 0 Å². The molecule has 0 bridgehead atoms. The first kappa shape index (κ1) is 17.5. The fourth-order valence-electron chi connectivity index (χ4n) is 3.63. The predicted molar refractivity (Wildman–Crippen MR) is 100 cm³/mol. The van der Waals surface area contributed by atoms with Gasteiger partial charge in [0, 0.05) is 43.4 Å². The van der Waals surface area contributed by atoms with Crippen LogP contribution in [0, 0.1) is 6.92 Å². The van der Waals surface area contributed by atoms with Gasteiger partial charge in [-0.3, -0.25) is 9.59 Å². The molecule has 1 amide bonds. The standard InChI is InChI=1S/C20H22N4O3/c1-13-22-23-20(27-13)14-8-10-24(11-9-14)18(25)7-6-16-12-15-4-2-3-5-17(15)21-19(16)26/h2-5,12,14H,6-11H2,1H3,(H,21,26). The zero-order valence-electron chi connectivity index (χ0n) is 15.3. The van der Waals surface area contributed by atoms with E-state index in [1.807, 2.05) is 35.2 Å². The normalized spacial score (nSPS) is 15.4. The molecule has 0 atom stereocenters. The summed E-state index contributed by atoms with van der Waals surface area (Å²) in [6.45, 7) is 3.14. The van der Waals surface area contributed by atoms with Gasteiger partial charge in [-0.05, 0) is 36.8 Å². The number of hydrogen-bond acceptors (Lipinski definition) is 5. The highest BCUT2D eigenvalue weighted by Gasteiger charge is 2.26. The van der Waals surface area contributed by atoms with Crippen LogP contribution in [-0.4, -0.2) is 39.1 Å². The topological polar surface area (TPSA) is 92.1 Å². The minimum absolute atomic E-state index is 0.0859. The monoisotopic (exact) mass is 366 g/mol. The molecule has 1 saturated heterocycles. The minimum Gasteiger partial charge on any atom is -0.425 e. The molecule has 4 rings (SSSR count). The Hall–Kier alpha value is -2.96. The van der Waals surface area contributed by atoms with Crippen LogP contribution in [0.2, 0.25) is 0 Å². The fraction of sp³-hybridized carbons (Fsp3) is 0.400. The first-order chi connectivity index (χ1) is 13.1. The number of pyridine rings is 1. The third-order valence-electron chi connectivity index (χ3n) is 5.18. The van der Waals surface area contributed by atoms with Crippen LogP contribution in [-0.2, 0) is 11.2 Å². The number of aryl methyl sites for hydroxylation is 2. The Kier molecular flexibility index (Phi) is 4.75. The third kappa shape index (κ3) is 3.77. The number of para-hydroxylation sites is 1. The van der Waals surface area contributed by atoms with E-state index in [-0.39, 0.29) is 17.4 Å². The summed E-state index contributed by atoms with van der Waals surface area (Å²) in [4.78, 5) is 29.5. The van der Waals surface area contributed by atoms with Crippen LogP contribution in [0.3, 0.4) is 0 Å². The molecule has 0 saturated carbocycles. The lowest BCUT2D eigenvalue weighted by Crippen LogP contribution is -2.38. The Morgan fingerprint density at radius 2 is 2.04 bits per heavy atom. The van der Waals surface area contributed by atoms with Crippen molar-refractivity contribution in [3.8, 4) is 0 Å². The van der Waals surface area contributed by atoms with Crippen molar-refractivity contribution in [1.82, 2.24) is 20.1 Å². The second kappa shape index (κ2) is 7.34. The molecule has 1 aliphatic rings. The molecule has 27 heavy (non-hydrogen) atoms. The largest absolute Gasteiger partial charge is 0.425 e. The van der Waals surface area contributed by atoms with Gasteiger partial charge < -0.3 is 14.3 Å². The van der Waals surface area contributed by atoms with Gasteiger partial charge in [-0.2, -0.15) is 0 Å². The van der Waals surface area contributed by atoms with Crippen LogP contribution in [0.1, 0.15) is 42.5 Å². The Bertz CT molecular complexity index is 1020. The molecule has 140 valence electrons. The average molecular weight is 366 g/mol. The summed E-state index contributed by atoms with van der Waals surface area (Å²) in [7, 11) is 0. The van der Waals surface area contributed by atoms with Gasteiger partial charge in [0.05, 0.1) is 0 Å².